The van der Waals surface area contributed by atoms with Crippen molar-refractivity contribution in [3.8, 4) is 0 Å². The molecular weight excluding hydrogens is 318 g/mol. The second-order valence-electron chi connectivity index (χ2n) is 6.48. The molecule has 1 aliphatic carbocycles. The topological polar surface area (TPSA) is 65.6 Å². The van der Waals surface area contributed by atoms with Gasteiger partial charge in [-0.2, -0.15) is 0 Å². The van der Waals surface area contributed by atoms with Crippen LogP contribution >= 0.6 is 0 Å². The first-order chi connectivity index (χ1) is 12.0. The third-order valence-electron chi connectivity index (χ3n) is 4.59. The fraction of sp³-hybridized carbons (Fsp3) is 0.316. The Labute approximate surface area is 144 Å². The lowest BCUT2D eigenvalue weighted by Crippen LogP contribution is -2.16. The number of carbonyl (C=O) groups excluding carboxylic acids is 1. The molecule has 0 N–H and O–H groups in total. The van der Waals surface area contributed by atoms with Crippen LogP contribution in [0.3, 0.4) is 0 Å². The smallest absolute Gasteiger partial charge is 0.340 e. The predicted octanol–water partition coefficient (Wildman–Crippen LogP) is 2.80. The first-order valence-electron chi connectivity index (χ1n) is 8.37. The van der Waals surface area contributed by atoms with Crippen LogP contribution in [0.15, 0.2) is 41.3 Å². The van der Waals surface area contributed by atoms with E-state index in [0.717, 1.165) is 24.2 Å². The third kappa shape index (κ3) is 2.84. The van der Waals surface area contributed by atoms with Crippen LogP contribution in [0.5, 0.6) is 0 Å². The van der Waals surface area contributed by atoms with Crippen molar-refractivity contribution in [2.45, 2.75) is 39.3 Å². The summed E-state index contributed by atoms with van der Waals surface area (Å²) in [4.78, 5) is 28.9. The van der Waals surface area contributed by atoms with Crippen molar-refractivity contribution in [3.05, 3.63) is 69.5 Å². The summed E-state index contributed by atoms with van der Waals surface area (Å²) in [6.45, 7) is 3.93. The van der Waals surface area contributed by atoms with Crippen molar-refractivity contribution < 1.29 is 9.53 Å². The summed E-state index contributed by atoms with van der Waals surface area (Å²) < 4.78 is 9.06. The zero-order chi connectivity index (χ0) is 17.6. The van der Waals surface area contributed by atoms with Crippen molar-refractivity contribution in [1.29, 1.82) is 0 Å². The van der Waals surface area contributed by atoms with Gasteiger partial charge in [-0.3, -0.25) is 9.20 Å². The van der Waals surface area contributed by atoms with Gasteiger partial charge in [-0.05, 0) is 44.9 Å². The van der Waals surface area contributed by atoms with E-state index in [1.807, 2.05) is 26.0 Å². The molecule has 6 nitrogen and oxygen atoms in total. The van der Waals surface area contributed by atoms with Gasteiger partial charge in [0.15, 0.2) is 0 Å². The maximum absolute atomic E-state index is 12.4. The lowest BCUT2D eigenvalue weighted by Gasteiger charge is -2.08. The summed E-state index contributed by atoms with van der Waals surface area (Å²) >= 11 is 0. The van der Waals surface area contributed by atoms with Gasteiger partial charge in [0.25, 0.3) is 5.56 Å². The molecule has 0 unspecified atom stereocenters. The normalized spacial score (nSPS) is 14.0. The van der Waals surface area contributed by atoms with Crippen LogP contribution in [0.4, 0.5) is 0 Å². The van der Waals surface area contributed by atoms with Gasteiger partial charge in [0.2, 0.25) is 0 Å². The van der Waals surface area contributed by atoms with E-state index in [1.54, 1.807) is 18.3 Å². The first-order valence-corrected chi connectivity index (χ1v) is 8.37. The minimum atomic E-state index is -0.380. The number of carbonyl (C=O) groups is 1. The van der Waals surface area contributed by atoms with Crippen LogP contribution in [-0.4, -0.2) is 19.9 Å². The SMILES string of the molecule is Cc1cc(C(=O)OCc2cc(=O)n3ccccc3n2)c(C)n1C1CC1. The fourth-order valence-corrected chi connectivity index (χ4v) is 3.27. The van der Waals surface area contributed by atoms with Gasteiger partial charge in [-0.25, -0.2) is 9.78 Å². The second-order valence-corrected chi connectivity index (χ2v) is 6.48. The molecule has 0 aliphatic heterocycles. The van der Waals surface area contributed by atoms with Crippen LogP contribution in [0, 0.1) is 13.8 Å². The largest absolute Gasteiger partial charge is 0.456 e. The molecule has 3 aromatic rings. The number of aromatic nitrogens is 3. The minimum absolute atomic E-state index is 0.0213. The monoisotopic (exact) mass is 337 g/mol. The number of rotatable bonds is 4. The van der Waals surface area contributed by atoms with E-state index >= 15 is 0 Å². The van der Waals surface area contributed by atoms with Crippen molar-refractivity contribution in [1.82, 2.24) is 14.0 Å². The molecule has 0 amide bonds. The molecule has 128 valence electrons. The Morgan fingerprint density at radius 1 is 1.28 bits per heavy atom. The van der Waals surface area contributed by atoms with E-state index in [1.165, 1.54) is 10.5 Å². The Morgan fingerprint density at radius 3 is 2.84 bits per heavy atom. The van der Waals surface area contributed by atoms with E-state index in [2.05, 4.69) is 9.55 Å². The van der Waals surface area contributed by atoms with Crippen LogP contribution in [0.2, 0.25) is 0 Å². The van der Waals surface area contributed by atoms with Crippen LogP contribution in [0.25, 0.3) is 5.65 Å². The molecule has 3 aromatic heterocycles. The van der Waals surface area contributed by atoms with Gasteiger partial charge in [0.1, 0.15) is 12.3 Å². The average molecular weight is 337 g/mol. The second kappa shape index (κ2) is 5.88. The van der Waals surface area contributed by atoms with E-state index in [9.17, 15) is 9.59 Å². The highest BCUT2D eigenvalue weighted by molar-refractivity contribution is 5.91. The van der Waals surface area contributed by atoms with Crippen molar-refractivity contribution >= 4 is 11.6 Å². The molecule has 0 aromatic carbocycles. The maximum atomic E-state index is 12.4. The standard InChI is InChI=1S/C19H19N3O3/c1-12-9-16(13(2)22(12)15-6-7-15)19(24)25-11-14-10-18(23)21-8-4-3-5-17(21)20-14/h3-5,8-10,15H,6-7,11H2,1-2H3. The molecule has 25 heavy (non-hydrogen) atoms. The zero-order valence-electron chi connectivity index (χ0n) is 14.2. The maximum Gasteiger partial charge on any atom is 0.340 e. The summed E-state index contributed by atoms with van der Waals surface area (Å²) in [5.41, 5.74) is 3.39. The first kappa shape index (κ1) is 15.6. The molecule has 1 saturated carbocycles. The highest BCUT2D eigenvalue weighted by Gasteiger charge is 2.28. The molecule has 0 spiro atoms. The molecule has 3 heterocycles. The summed E-state index contributed by atoms with van der Waals surface area (Å²) in [5.74, 6) is -0.380. The highest BCUT2D eigenvalue weighted by atomic mass is 16.5. The lowest BCUT2D eigenvalue weighted by molar-refractivity contribution is 0.0466. The zero-order valence-corrected chi connectivity index (χ0v) is 14.2. The summed E-state index contributed by atoms with van der Waals surface area (Å²) in [6.07, 6.45) is 3.98. The Morgan fingerprint density at radius 2 is 2.08 bits per heavy atom. The van der Waals surface area contributed by atoms with Crippen LogP contribution in [0.1, 0.15) is 46.3 Å². The van der Waals surface area contributed by atoms with E-state index in [-0.39, 0.29) is 18.1 Å². The van der Waals surface area contributed by atoms with Crippen molar-refractivity contribution in [2.75, 3.05) is 0 Å². The molecule has 6 heteroatoms. The Hall–Kier alpha value is -2.89. The van der Waals surface area contributed by atoms with Gasteiger partial charge >= 0.3 is 5.97 Å². The number of fused-ring (bicyclic) bond motifs is 1. The Balaban J connectivity index is 1.54. The van der Waals surface area contributed by atoms with Gasteiger partial charge in [0, 0.05) is 29.7 Å². The van der Waals surface area contributed by atoms with Crippen molar-refractivity contribution in [2.24, 2.45) is 0 Å². The fourth-order valence-electron chi connectivity index (χ4n) is 3.27. The van der Waals surface area contributed by atoms with Crippen molar-refractivity contribution in [3.63, 3.8) is 0 Å². The highest BCUT2D eigenvalue weighted by Crippen LogP contribution is 2.38. The van der Waals surface area contributed by atoms with Gasteiger partial charge in [-0.1, -0.05) is 6.07 Å². The molecule has 0 bridgehead atoms. The minimum Gasteiger partial charge on any atom is -0.456 e. The Bertz CT molecular complexity index is 1030. The number of ether oxygens (including phenoxy) is 1. The van der Waals surface area contributed by atoms with Gasteiger partial charge in [0.05, 0.1) is 11.3 Å². The Kier molecular flexibility index (Phi) is 3.67. The summed E-state index contributed by atoms with van der Waals surface area (Å²) in [5, 5.41) is 0. The molecule has 1 fully saturated rings. The third-order valence-corrected chi connectivity index (χ3v) is 4.59. The molecule has 0 atom stereocenters. The summed E-state index contributed by atoms with van der Waals surface area (Å²) in [7, 11) is 0. The molecule has 0 saturated heterocycles. The number of hydrogen-bond acceptors (Lipinski definition) is 4. The number of aryl methyl sites for hydroxylation is 1. The number of pyridine rings is 1. The molecule has 4 rings (SSSR count). The van der Waals surface area contributed by atoms with Gasteiger partial charge in [-0.15, -0.1) is 0 Å². The van der Waals surface area contributed by atoms with Crippen LogP contribution in [-0.2, 0) is 11.3 Å². The molecule has 0 radical (unpaired) electrons. The quantitative estimate of drug-likeness (QED) is 0.687. The molecular formula is C19H19N3O3. The van der Waals surface area contributed by atoms with E-state index in [4.69, 9.17) is 4.74 Å². The number of hydrogen-bond donors (Lipinski definition) is 0. The van der Waals surface area contributed by atoms with E-state index in [0.29, 0.717) is 22.9 Å². The summed E-state index contributed by atoms with van der Waals surface area (Å²) in [6, 6.07) is 9.11. The molecule has 1 aliphatic rings. The predicted molar refractivity (Wildman–Crippen MR) is 92.8 cm³/mol. The lowest BCUT2D eigenvalue weighted by atomic mass is 10.2. The van der Waals surface area contributed by atoms with Gasteiger partial charge < -0.3 is 9.30 Å². The van der Waals surface area contributed by atoms with E-state index < -0.39 is 0 Å². The van der Waals surface area contributed by atoms with Crippen LogP contribution < -0.4 is 5.56 Å². The average Bonchev–Trinajstić information content (AvgIpc) is 3.38. The number of nitrogens with zero attached hydrogens (tertiary/aromatic N) is 3. The number of esters is 1.